The molecule has 0 aliphatic heterocycles. The molecule has 1 atom stereocenters. The minimum absolute atomic E-state index is 0.0203. The first kappa shape index (κ1) is 22.4. The van der Waals surface area contributed by atoms with Gasteiger partial charge in [-0.25, -0.2) is 8.42 Å². The average Bonchev–Trinajstić information content (AvgIpc) is 2.75. The summed E-state index contributed by atoms with van der Waals surface area (Å²) in [6.45, 7) is 5.94. The summed E-state index contributed by atoms with van der Waals surface area (Å²) in [7, 11) is -3.82. The smallest absolute Gasteiger partial charge is 0.261 e. The van der Waals surface area contributed by atoms with Crippen molar-refractivity contribution in [3.63, 3.8) is 0 Å². The standard InChI is InChI=1S/C24H26N2O4S/c1-17-11-13-21(14-12-17)30-16-19(3)25-24(27)20-8-6-9-22(15-20)31(28,29)26-23-10-5-4-7-18(23)2/h4-15,19,26H,16H2,1-3H3,(H,25,27)/t19-/m1/s1. The van der Waals surface area contributed by atoms with Gasteiger partial charge in [-0.05, 0) is 62.7 Å². The molecule has 0 saturated heterocycles. The third-order valence-corrected chi connectivity index (χ3v) is 6.06. The number of carbonyl (C=O) groups is 1. The zero-order valence-electron chi connectivity index (χ0n) is 17.8. The van der Waals surface area contributed by atoms with Gasteiger partial charge in [-0.15, -0.1) is 0 Å². The van der Waals surface area contributed by atoms with Crippen LogP contribution in [-0.4, -0.2) is 27.0 Å². The molecular formula is C24H26N2O4S. The lowest BCUT2D eigenvalue weighted by Gasteiger charge is -2.16. The molecule has 162 valence electrons. The van der Waals surface area contributed by atoms with E-state index in [4.69, 9.17) is 4.74 Å². The van der Waals surface area contributed by atoms with Crippen molar-refractivity contribution >= 4 is 21.6 Å². The van der Waals surface area contributed by atoms with Crippen LogP contribution in [0.25, 0.3) is 0 Å². The zero-order chi connectivity index (χ0) is 22.4. The highest BCUT2D eigenvalue weighted by Crippen LogP contribution is 2.20. The number of sulfonamides is 1. The number of aryl methyl sites for hydroxylation is 2. The normalized spacial score (nSPS) is 12.1. The molecular weight excluding hydrogens is 412 g/mol. The highest BCUT2D eigenvalue weighted by molar-refractivity contribution is 7.92. The maximum atomic E-state index is 12.8. The van der Waals surface area contributed by atoms with Crippen LogP contribution in [-0.2, 0) is 10.0 Å². The number of rotatable bonds is 8. The van der Waals surface area contributed by atoms with Gasteiger partial charge < -0.3 is 10.1 Å². The molecule has 6 nitrogen and oxygen atoms in total. The van der Waals surface area contributed by atoms with E-state index in [1.165, 1.54) is 12.1 Å². The van der Waals surface area contributed by atoms with Gasteiger partial charge in [-0.1, -0.05) is 42.0 Å². The van der Waals surface area contributed by atoms with Crippen LogP contribution in [0.15, 0.2) is 77.7 Å². The molecule has 1 amide bonds. The van der Waals surface area contributed by atoms with Gasteiger partial charge in [-0.2, -0.15) is 0 Å². The topological polar surface area (TPSA) is 84.5 Å². The Kier molecular flexibility index (Phi) is 6.97. The second kappa shape index (κ2) is 9.66. The van der Waals surface area contributed by atoms with Crippen molar-refractivity contribution in [1.82, 2.24) is 5.32 Å². The van der Waals surface area contributed by atoms with Gasteiger partial charge >= 0.3 is 0 Å². The number of carbonyl (C=O) groups excluding carboxylic acids is 1. The van der Waals surface area contributed by atoms with Crippen molar-refractivity contribution in [2.75, 3.05) is 11.3 Å². The number of benzene rings is 3. The van der Waals surface area contributed by atoms with Gasteiger partial charge in [0, 0.05) is 5.56 Å². The van der Waals surface area contributed by atoms with Crippen molar-refractivity contribution in [2.45, 2.75) is 31.7 Å². The number of nitrogens with one attached hydrogen (secondary N) is 2. The van der Waals surface area contributed by atoms with E-state index >= 15 is 0 Å². The summed E-state index contributed by atoms with van der Waals surface area (Å²) in [6, 6.07) is 20.5. The molecule has 2 N–H and O–H groups in total. The lowest BCUT2D eigenvalue weighted by molar-refractivity contribution is 0.0926. The Balaban J connectivity index is 1.65. The maximum absolute atomic E-state index is 12.8. The summed E-state index contributed by atoms with van der Waals surface area (Å²) in [5, 5.41) is 2.84. The molecule has 3 aromatic rings. The molecule has 0 unspecified atom stereocenters. The highest BCUT2D eigenvalue weighted by atomic mass is 32.2. The van der Waals surface area contributed by atoms with Crippen LogP contribution in [0.2, 0.25) is 0 Å². The Bertz CT molecular complexity index is 1160. The largest absolute Gasteiger partial charge is 0.491 e. The number of para-hydroxylation sites is 1. The average molecular weight is 439 g/mol. The fourth-order valence-corrected chi connectivity index (χ4v) is 4.08. The molecule has 0 spiro atoms. The lowest BCUT2D eigenvalue weighted by atomic mass is 10.2. The minimum Gasteiger partial charge on any atom is -0.491 e. The van der Waals surface area contributed by atoms with Gasteiger partial charge in [0.15, 0.2) is 0 Å². The molecule has 0 aliphatic carbocycles. The Labute approximate surface area is 183 Å². The summed E-state index contributed by atoms with van der Waals surface area (Å²) >= 11 is 0. The Morgan fingerprint density at radius 3 is 2.39 bits per heavy atom. The van der Waals surface area contributed by atoms with E-state index in [9.17, 15) is 13.2 Å². The van der Waals surface area contributed by atoms with Gasteiger partial charge in [-0.3, -0.25) is 9.52 Å². The van der Waals surface area contributed by atoms with E-state index in [-0.39, 0.29) is 22.4 Å². The molecule has 0 aliphatic rings. The summed E-state index contributed by atoms with van der Waals surface area (Å²) in [5.41, 5.74) is 2.71. The molecule has 0 heterocycles. The van der Waals surface area contributed by atoms with Crippen LogP contribution in [0, 0.1) is 13.8 Å². The van der Waals surface area contributed by atoms with E-state index in [0.717, 1.165) is 16.9 Å². The first-order valence-electron chi connectivity index (χ1n) is 9.93. The van der Waals surface area contributed by atoms with Gasteiger partial charge in [0.05, 0.1) is 16.6 Å². The molecule has 0 aromatic heterocycles. The lowest BCUT2D eigenvalue weighted by Crippen LogP contribution is -2.36. The van der Waals surface area contributed by atoms with Crippen molar-refractivity contribution < 1.29 is 17.9 Å². The van der Waals surface area contributed by atoms with Crippen LogP contribution < -0.4 is 14.8 Å². The molecule has 0 radical (unpaired) electrons. The van der Waals surface area contributed by atoms with Crippen molar-refractivity contribution in [3.8, 4) is 5.75 Å². The van der Waals surface area contributed by atoms with Crippen LogP contribution in [0.4, 0.5) is 5.69 Å². The monoisotopic (exact) mass is 438 g/mol. The predicted octanol–water partition coefficient (Wildman–Crippen LogP) is 4.30. The van der Waals surface area contributed by atoms with E-state index in [1.807, 2.05) is 57.2 Å². The van der Waals surface area contributed by atoms with Crippen molar-refractivity contribution in [1.29, 1.82) is 0 Å². The summed E-state index contributed by atoms with van der Waals surface area (Å²) in [5.74, 6) is 0.356. The second-order valence-corrected chi connectivity index (χ2v) is 9.13. The molecule has 31 heavy (non-hydrogen) atoms. The fraction of sp³-hybridized carbons (Fsp3) is 0.208. The zero-order valence-corrected chi connectivity index (χ0v) is 18.6. The highest BCUT2D eigenvalue weighted by Gasteiger charge is 2.18. The molecule has 7 heteroatoms. The number of ether oxygens (including phenoxy) is 1. The minimum atomic E-state index is -3.82. The van der Waals surface area contributed by atoms with E-state index in [1.54, 1.807) is 24.3 Å². The van der Waals surface area contributed by atoms with Gasteiger partial charge in [0.2, 0.25) is 0 Å². The molecule has 0 saturated carbocycles. The first-order chi connectivity index (χ1) is 14.7. The number of hydrogen-bond acceptors (Lipinski definition) is 4. The van der Waals surface area contributed by atoms with Gasteiger partial charge in [0.25, 0.3) is 15.9 Å². The van der Waals surface area contributed by atoms with Crippen molar-refractivity contribution in [2.24, 2.45) is 0 Å². The van der Waals surface area contributed by atoms with Crippen LogP contribution in [0.3, 0.4) is 0 Å². The van der Waals surface area contributed by atoms with E-state index in [0.29, 0.717) is 12.3 Å². The number of anilines is 1. The van der Waals surface area contributed by atoms with Crippen molar-refractivity contribution in [3.05, 3.63) is 89.5 Å². The predicted molar refractivity (Wildman–Crippen MR) is 122 cm³/mol. The molecule has 0 fully saturated rings. The number of amides is 1. The molecule has 3 rings (SSSR count). The van der Waals surface area contributed by atoms with Crippen LogP contribution in [0.1, 0.15) is 28.4 Å². The third-order valence-electron chi connectivity index (χ3n) is 4.69. The molecule has 0 bridgehead atoms. The first-order valence-corrected chi connectivity index (χ1v) is 11.4. The maximum Gasteiger partial charge on any atom is 0.261 e. The Morgan fingerprint density at radius 2 is 1.68 bits per heavy atom. The number of hydrogen-bond donors (Lipinski definition) is 2. The van der Waals surface area contributed by atoms with Crippen LogP contribution in [0.5, 0.6) is 5.75 Å². The quantitative estimate of drug-likeness (QED) is 0.549. The van der Waals surface area contributed by atoms with Gasteiger partial charge in [0.1, 0.15) is 12.4 Å². The van der Waals surface area contributed by atoms with E-state index < -0.39 is 10.0 Å². The fourth-order valence-electron chi connectivity index (χ4n) is 2.90. The second-order valence-electron chi connectivity index (χ2n) is 7.45. The van der Waals surface area contributed by atoms with E-state index in [2.05, 4.69) is 10.0 Å². The molecule has 3 aromatic carbocycles. The summed E-state index contributed by atoms with van der Waals surface area (Å²) in [6.07, 6.45) is 0. The SMILES string of the molecule is Cc1ccc(OC[C@@H](C)NC(=O)c2cccc(S(=O)(=O)Nc3ccccc3C)c2)cc1. The van der Waals surface area contributed by atoms with Crippen LogP contribution >= 0.6 is 0 Å². The Hall–Kier alpha value is -3.32. The summed E-state index contributed by atoms with van der Waals surface area (Å²) in [4.78, 5) is 12.6. The third kappa shape index (κ3) is 6.08. The Morgan fingerprint density at radius 1 is 0.968 bits per heavy atom. The summed E-state index contributed by atoms with van der Waals surface area (Å²) < 4.78 is 33.8.